The molecule has 1 unspecified atom stereocenters. The summed E-state index contributed by atoms with van der Waals surface area (Å²) in [5.74, 6) is 0.614. The van der Waals surface area contributed by atoms with Gasteiger partial charge in [-0.1, -0.05) is 6.92 Å². The molecule has 4 heteroatoms. The third-order valence-corrected chi connectivity index (χ3v) is 3.38. The molecular formula is C9H18N2OS. The lowest BCUT2D eigenvalue weighted by Crippen LogP contribution is -2.35. The lowest BCUT2D eigenvalue weighted by molar-refractivity contribution is -0.127. The molecular weight excluding hydrogens is 184 g/mol. The Balaban J connectivity index is 2.58. The second-order valence-electron chi connectivity index (χ2n) is 4.04. The molecule has 0 saturated carbocycles. The van der Waals surface area contributed by atoms with Crippen molar-refractivity contribution in [3.8, 4) is 0 Å². The van der Waals surface area contributed by atoms with E-state index in [-0.39, 0.29) is 11.3 Å². The number of likely N-dealkylation sites (tertiary alicyclic amines) is 1. The van der Waals surface area contributed by atoms with Crippen LogP contribution in [0.15, 0.2) is 0 Å². The number of amides is 1. The summed E-state index contributed by atoms with van der Waals surface area (Å²) in [7, 11) is 0. The second kappa shape index (κ2) is 4.33. The van der Waals surface area contributed by atoms with Crippen molar-refractivity contribution in [2.75, 3.05) is 19.0 Å². The van der Waals surface area contributed by atoms with Crippen molar-refractivity contribution in [2.24, 2.45) is 11.1 Å². The van der Waals surface area contributed by atoms with Crippen molar-refractivity contribution in [3.05, 3.63) is 0 Å². The molecule has 0 aromatic heterocycles. The fourth-order valence-electron chi connectivity index (χ4n) is 1.72. The molecule has 1 fully saturated rings. The summed E-state index contributed by atoms with van der Waals surface area (Å²) < 4.78 is 0. The summed E-state index contributed by atoms with van der Waals surface area (Å²) in [6.45, 7) is 3.94. The quantitative estimate of drug-likeness (QED) is 0.652. The van der Waals surface area contributed by atoms with Gasteiger partial charge in [0.2, 0.25) is 5.91 Å². The third-order valence-electron chi connectivity index (χ3n) is 2.98. The monoisotopic (exact) mass is 202 g/mol. The molecule has 76 valence electrons. The van der Waals surface area contributed by atoms with Crippen molar-refractivity contribution in [2.45, 2.75) is 26.2 Å². The highest BCUT2D eigenvalue weighted by atomic mass is 32.1. The van der Waals surface area contributed by atoms with Gasteiger partial charge in [-0.05, 0) is 32.4 Å². The second-order valence-corrected chi connectivity index (χ2v) is 4.32. The summed E-state index contributed by atoms with van der Waals surface area (Å²) in [6.07, 6.45) is 2.81. The van der Waals surface area contributed by atoms with E-state index in [4.69, 9.17) is 5.73 Å². The first kappa shape index (κ1) is 10.9. The maximum Gasteiger partial charge on any atom is 0.223 e. The number of nitrogens with zero attached hydrogens (tertiary/aromatic N) is 1. The van der Waals surface area contributed by atoms with E-state index >= 15 is 0 Å². The molecule has 0 aromatic rings. The largest absolute Gasteiger partial charge is 0.369 e. The van der Waals surface area contributed by atoms with Crippen LogP contribution in [0, 0.1) is 5.41 Å². The van der Waals surface area contributed by atoms with Crippen LogP contribution in [0.4, 0.5) is 0 Å². The van der Waals surface area contributed by atoms with Crippen LogP contribution in [0.2, 0.25) is 0 Å². The maximum atomic E-state index is 11.2. The van der Waals surface area contributed by atoms with E-state index in [1.165, 1.54) is 0 Å². The predicted octanol–water partition coefficient (Wildman–Crippen LogP) is 0.851. The summed E-state index contributed by atoms with van der Waals surface area (Å²) in [4.78, 5) is 13.5. The number of carbonyl (C=O) groups excluding carboxylic acids is 1. The highest BCUT2D eigenvalue weighted by Gasteiger charge is 2.32. The molecule has 0 aliphatic carbocycles. The molecule has 3 nitrogen and oxygen atoms in total. The van der Waals surface area contributed by atoms with Gasteiger partial charge in [-0.2, -0.15) is 12.6 Å². The number of carbonyl (C=O) groups is 1. The van der Waals surface area contributed by atoms with Crippen LogP contribution in [0.5, 0.6) is 0 Å². The topological polar surface area (TPSA) is 46.3 Å². The van der Waals surface area contributed by atoms with Crippen LogP contribution < -0.4 is 5.73 Å². The molecule has 1 heterocycles. The van der Waals surface area contributed by atoms with Gasteiger partial charge in [-0.3, -0.25) is 9.69 Å². The minimum absolute atomic E-state index is 0.159. The zero-order valence-electron chi connectivity index (χ0n) is 8.12. The summed E-state index contributed by atoms with van der Waals surface area (Å²) >= 11 is 4.23. The minimum Gasteiger partial charge on any atom is -0.369 e. The molecule has 1 saturated heterocycles. The summed E-state index contributed by atoms with van der Waals surface area (Å²) in [5, 5.41) is 0. The third kappa shape index (κ3) is 2.61. The summed E-state index contributed by atoms with van der Waals surface area (Å²) in [5.41, 5.74) is 5.09. The van der Waals surface area contributed by atoms with E-state index in [1.54, 1.807) is 0 Å². The lowest BCUT2D eigenvalue weighted by Gasteiger charge is -2.23. The van der Waals surface area contributed by atoms with Crippen molar-refractivity contribution in [1.82, 2.24) is 4.90 Å². The van der Waals surface area contributed by atoms with Crippen molar-refractivity contribution >= 4 is 18.5 Å². The highest BCUT2D eigenvalue weighted by molar-refractivity contribution is 7.80. The van der Waals surface area contributed by atoms with Crippen LogP contribution in [-0.4, -0.2) is 29.8 Å². The fourth-order valence-corrected chi connectivity index (χ4v) is 2.01. The molecule has 2 N–H and O–H groups in total. The van der Waals surface area contributed by atoms with E-state index in [9.17, 15) is 4.79 Å². The standard InChI is InChI=1S/C9H18N2OS/c1-9(8(10)12)3-2-5-11(7-13)6-4-9/h13H,2-7H2,1H3,(H2,10,12). The van der Waals surface area contributed by atoms with Crippen LogP contribution in [0.25, 0.3) is 0 Å². The van der Waals surface area contributed by atoms with E-state index in [0.29, 0.717) is 0 Å². The molecule has 1 atom stereocenters. The Kier molecular flexibility index (Phi) is 3.62. The molecule has 1 rings (SSSR count). The van der Waals surface area contributed by atoms with Gasteiger partial charge in [0.05, 0.1) is 0 Å². The highest BCUT2D eigenvalue weighted by Crippen LogP contribution is 2.30. The van der Waals surface area contributed by atoms with E-state index < -0.39 is 0 Å². The molecule has 1 aliphatic heterocycles. The van der Waals surface area contributed by atoms with Crippen LogP contribution in [0.1, 0.15) is 26.2 Å². The molecule has 0 bridgehead atoms. The van der Waals surface area contributed by atoms with Crippen LogP contribution >= 0.6 is 12.6 Å². The van der Waals surface area contributed by atoms with Gasteiger partial charge in [0.15, 0.2) is 0 Å². The normalized spacial score (nSPS) is 31.2. The van der Waals surface area contributed by atoms with E-state index in [0.717, 1.165) is 38.2 Å². The van der Waals surface area contributed by atoms with E-state index in [2.05, 4.69) is 17.5 Å². The molecule has 0 spiro atoms. The smallest absolute Gasteiger partial charge is 0.223 e. The van der Waals surface area contributed by atoms with Crippen molar-refractivity contribution < 1.29 is 4.79 Å². The Bertz CT molecular complexity index is 198. The predicted molar refractivity (Wildman–Crippen MR) is 56.6 cm³/mol. The number of primary amides is 1. The van der Waals surface area contributed by atoms with Gasteiger partial charge >= 0.3 is 0 Å². The number of hydrogen-bond acceptors (Lipinski definition) is 3. The average Bonchev–Trinajstić information content (AvgIpc) is 2.28. The van der Waals surface area contributed by atoms with Crippen LogP contribution in [0.3, 0.4) is 0 Å². The summed E-state index contributed by atoms with van der Waals surface area (Å²) in [6, 6.07) is 0. The zero-order chi connectivity index (χ0) is 9.90. The Morgan fingerprint density at radius 1 is 1.54 bits per heavy atom. The lowest BCUT2D eigenvalue weighted by atomic mass is 9.82. The first-order valence-electron chi connectivity index (χ1n) is 4.71. The Morgan fingerprint density at radius 3 is 2.77 bits per heavy atom. The number of rotatable bonds is 2. The zero-order valence-corrected chi connectivity index (χ0v) is 9.02. The van der Waals surface area contributed by atoms with Gasteiger partial charge in [-0.15, -0.1) is 0 Å². The van der Waals surface area contributed by atoms with Crippen molar-refractivity contribution in [1.29, 1.82) is 0 Å². The van der Waals surface area contributed by atoms with Gasteiger partial charge < -0.3 is 5.73 Å². The van der Waals surface area contributed by atoms with Gasteiger partial charge in [-0.25, -0.2) is 0 Å². The number of hydrogen-bond donors (Lipinski definition) is 2. The first-order chi connectivity index (χ1) is 6.08. The molecule has 1 amide bonds. The molecule has 1 aliphatic rings. The molecule has 0 aromatic carbocycles. The minimum atomic E-state index is -0.294. The average molecular weight is 202 g/mol. The first-order valence-corrected chi connectivity index (χ1v) is 5.35. The van der Waals surface area contributed by atoms with Crippen LogP contribution in [-0.2, 0) is 4.79 Å². The SMILES string of the molecule is CC1(C(N)=O)CCCN(CS)CC1. The van der Waals surface area contributed by atoms with Gasteiger partial charge in [0.1, 0.15) is 0 Å². The van der Waals surface area contributed by atoms with Crippen molar-refractivity contribution in [3.63, 3.8) is 0 Å². The molecule has 13 heavy (non-hydrogen) atoms. The fraction of sp³-hybridized carbons (Fsp3) is 0.889. The number of nitrogens with two attached hydrogens (primary N) is 1. The Labute approximate surface area is 85.1 Å². The Hall–Kier alpha value is -0.220. The number of thiol groups is 1. The molecule has 0 radical (unpaired) electrons. The van der Waals surface area contributed by atoms with E-state index in [1.807, 2.05) is 6.92 Å². The maximum absolute atomic E-state index is 11.2. The Morgan fingerprint density at radius 2 is 2.23 bits per heavy atom. The van der Waals surface area contributed by atoms with Gasteiger partial charge in [0, 0.05) is 11.3 Å². The van der Waals surface area contributed by atoms with Gasteiger partial charge in [0.25, 0.3) is 0 Å².